The molecule has 0 fully saturated rings. The van der Waals surface area contributed by atoms with Gasteiger partial charge in [0.05, 0.1) is 19.1 Å². The van der Waals surface area contributed by atoms with Crippen LogP contribution in [0.2, 0.25) is 0 Å². The molecule has 2 aromatic carbocycles. The topological polar surface area (TPSA) is 96.0 Å². The second-order valence-electron chi connectivity index (χ2n) is 9.42. The summed E-state index contributed by atoms with van der Waals surface area (Å²) in [4.78, 5) is 27.6. The molecule has 0 aliphatic rings. The van der Waals surface area contributed by atoms with Crippen molar-refractivity contribution in [3.63, 3.8) is 0 Å². The lowest BCUT2D eigenvalue weighted by Gasteiger charge is -2.30. The summed E-state index contributed by atoms with van der Waals surface area (Å²) in [6.07, 6.45) is 1.57. The lowest BCUT2D eigenvalue weighted by atomic mass is 10.1. The number of hydrogen-bond donors (Lipinski definition) is 1. The fourth-order valence-corrected chi connectivity index (χ4v) is 4.80. The highest BCUT2D eigenvalue weighted by Gasteiger charge is 2.27. The van der Waals surface area contributed by atoms with Crippen molar-refractivity contribution in [1.82, 2.24) is 10.2 Å². The van der Waals surface area contributed by atoms with Crippen molar-refractivity contribution >= 4 is 27.5 Å². The lowest BCUT2D eigenvalue weighted by molar-refractivity contribution is -0.140. The van der Waals surface area contributed by atoms with E-state index in [2.05, 4.69) is 5.32 Å². The van der Waals surface area contributed by atoms with Gasteiger partial charge >= 0.3 is 0 Å². The molecule has 0 aromatic heterocycles. The average molecular weight is 518 g/mol. The molecule has 0 heterocycles. The Bertz CT molecular complexity index is 1160. The van der Waals surface area contributed by atoms with Gasteiger partial charge in [-0.05, 0) is 82.0 Å². The van der Waals surface area contributed by atoms with E-state index in [9.17, 15) is 18.0 Å². The SMILES string of the molecule is COc1cccc(CN(C(=O)CCCN(c2ccc(C)c(C)c2)S(C)(=O)=O)C(C)C(=O)NC(C)C)c1. The van der Waals surface area contributed by atoms with Crippen LogP contribution < -0.4 is 14.4 Å². The van der Waals surface area contributed by atoms with Crippen LogP contribution in [0.3, 0.4) is 0 Å². The average Bonchev–Trinajstić information content (AvgIpc) is 2.80. The van der Waals surface area contributed by atoms with E-state index in [1.807, 2.05) is 64.1 Å². The van der Waals surface area contributed by atoms with E-state index in [0.717, 1.165) is 22.9 Å². The van der Waals surface area contributed by atoms with Gasteiger partial charge in [0.25, 0.3) is 0 Å². The van der Waals surface area contributed by atoms with E-state index in [-0.39, 0.29) is 37.4 Å². The summed E-state index contributed by atoms with van der Waals surface area (Å²) in [6, 6.07) is 12.1. The Balaban J connectivity index is 2.20. The first-order valence-corrected chi connectivity index (χ1v) is 14.0. The number of carbonyl (C=O) groups is 2. The van der Waals surface area contributed by atoms with Crippen LogP contribution in [0.15, 0.2) is 42.5 Å². The van der Waals surface area contributed by atoms with Gasteiger partial charge in [0.2, 0.25) is 21.8 Å². The molecule has 2 amide bonds. The van der Waals surface area contributed by atoms with E-state index in [4.69, 9.17) is 4.74 Å². The van der Waals surface area contributed by atoms with Crippen molar-refractivity contribution in [3.05, 3.63) is 59.2 Å². The highest BCUT2D eigenvalue weighted by molar-refractivity contribution is 7.92. The molecule has 0 radical (unpaired) electrons. The Hall–Kier alpha value is -3.07. The molecule has 0 bridgehead atoms. The molecule has 1 atom stereocenters. The lowest BCUT2D eigenvalue weighted by Crippen LogP contribution is -2.49. The monoisotopic (exact) mass is 517 g/mol. The molecule has 9 heteroatoms. The number of methoxy groups -OCH3 is 1. The minimum atomic E-state index is -3.53. The van der Waals surface area contributed by atoms with E-state index < -0.39 is 16.1 Å². The van der Waals surface area contributed by atoms with E-state index in [1.165, 1.54) is 9.21 Å². The molecule has 0 aliphatic heterocycles. The third-order valence-corrected chi connectivity index (χ3v) is 7.21. The molecule has 36 heavy (non-hydrogen) atoms. The Kier molecular flexibility index (Phi) is 10.3. The molecule has 0 aliphatic carbocycles. The molecule has 198 valence electrons. The van der Waals surface area contributed by atoms with Gasteiger partial charge in [-0.1, -0.05) is 18.2 Å². The molecule has 1 unspecified atom stereocenters. The Labute approximate surface area is 215 Å². The van der Waals surface area contributed by atoms with Crippen LogP contribution in [-0.2, 0) is 26.2 Å². The Morgan fingerprint density at radius 1 is 1.03 bits per heavy atom. The molecule has 2 aromatic rings. The number of benzene rings is 2. The predicted octanol–water partition coefficient (Wildman–Crippen LogP) is 3.80. The second kappa shape index (κ2) is 12.8. The number of carbonyl (C=O) groups excluding carboxylic acids is 2. The number of sulfonamides is 1. The van der Waals surface area contributed by atoms with Crippen molar-refractivity contribution in [2.75, 3.05) is 24.2 Å². The molecule has 0 saturated heterocycles. The number of rotatable bonds is 12. The van der Waals surface area contributed by atoms with Gasteiger partial charge in [-0.3, -0.25) is 13.9 Å². The van der Waals surface area contributed by atoms with E-state index in [0.29, 0.717) is 17.9 Å². The third-order valence-electron chi connectivity index (χ3n) is 6.02. The van der Waals surface area contributed by atoms with Crippen molar-refractivity contribution in [2.45, 2.75) is 66.1 Å². The summed E-state index contributed by atoms with van der Waals surface area (Å²) in [5.41, 5.74) is 3.47. The third kappa shape index (κ3) is 8.26. The molecule has 8 nitrogen and oxygen atoms in total. The maximum Gasteiger partial charge on any atom is 0.242 e. The maximum absolute atomic E-state index is 13.3. The van der Waals surface area contributed by atoms with Gasteiger partial charge in [0.15, 0.2) is 0 Å². The zero-order valence-electron chi connectivity index (χ0n) is 22.4. The predicted molar refractivity (Wildman–Crippen MR) is 144 cm³/mol. The van der Waals surface area contributed by atoms with Crippen LogP contribution in [-0.4, -0.2) is 57.1 Å². The Morgan fingerprint density at radius 3 is 2.31 bits per heavy atom. The van der Waals surface area contributed by atoms with Crippen molar-refractivity contribution in [3.8, 4) is 5.75 Å². The molecule has 0 saturated carbocycles. The van der Waals surface area contributed by atoms with Crippen molar-refractivity contribution in [2.24, 2.45) is 0 Å². The number of anilines is 1. The van der Waals surface area contributed by atoms with Gasteiger partial charge in [-0.15, -0.1) is 0 Å². The maximum atomic E-state index is 13.3. The van der Waals surface area contributed by atoms with Gasteiger partial charge in [-0.2, -0.15) is 0 Å². The highest BCUT2D eigenvalue weighted by atomic mass is 32.2. The van der Waals surface area contributed by atoms with Crippen molar-refractivity contribution < 1.29 is 22.7 Å². The summed E-state index contributed by atoms with van der Waals surface area (Å²) >= 11 is 0. The van der Waals surface area contributed by atoms with Crippen LogP contribution in [0.4, 0.5) is 5.69 Å². The standard InChI is InChI=1S/C27H39N3O5S/c1-19(2)28-27(32)22(5)29(18-23-10-8-11-25(17-23)35-6)26(31)12-9-15-30(36(7,33)34)24-14-13-20(3)21(4)16-24/h8,10-11,13-14,16-17,19,22H,9,12,15,18H2,1-7H3,(H,28,32). The number of aryl methyl sites for hydroxylation is 2. The zero-order chi connectivity index (χ0) is 27.0. The number of amides is 2. The summed E-state index contributed by atoms with van der Waals surface area (Å²) in [6.45, 7) is 9.73. The van der Waals surface area contributed by atoms with Crippen LogP contribution in [0.25, 0.3) is 0 Å². The first-order valence-electron chi connectivity index (χ1n) is 12.1. The van der Waals surface area contributed by atoms with Gasteiger partial charge in [0.1, 0.15) is 11.8 Å². The zero-order valence-corrected chi connectivity index (χ0v) is 23.2. The normalized spacial score (nSPS) is 12.2. The summed E-state index contributed by atoms with van der Waals surface area (Å²) in [7, 11) is -1.96. The first kappa shape index (κ1) is 29.2. The first-order chi connectivity index (χ1) is 16.8. The summed E-state index contributed by atoms with van der Waals surface area (Å²) in [5, 5.41) is 2.87. The molecule has 2 rings (SSSR count). The van der Waals surface area contributed by atoms with Crippen LogP contribution in [0.5, 0.6) is 5.75 Å². The quantitative estimate of drug-likeness (QED) is 0.462. The number of nitrogens with one attached hydrogen (secondary N) is 1. The van der Waals surface area contributed by atoms with Gasteiger partial charge in [-0.25, -0.2) is 8.42 Å². The number of ether oxygens (including phenoxy) is 1. The fourth-order valence-electron chi connectivity index (χ4n) is 3.84. The van der Waals surface area contributed by atoms with Crippen LogP contribution in [0, 0.1) is 13.8 Å². The molecular weight excluding hydrogens is 478 g/mol. The second-order valence-corrected chi connectivity index (χ2v) is 11.3. The molecule has 0 spiro atoms. The largest absolute Gasteiger partial charge is 0.497 e. The number of hydrogen-bond acceptors (Lipinski definition) is 5. The summed E-state index contributed by atoms with van der Waals surface area (Å²) < 4.78 is 31.6. The minimum absolute atomic E-state index is 0.0602. The van der Waals surface area contributed by atoms with Gasteiger partial charge < -0.3 is 15.0 Å². The molecule has 1 N–H and O–H groups in total. The summed E-state index contributed by atoms with van der Waals surface area (Å²) in [5.74, 6) is 0.197. The van der Waals surface area contributed by atoms with Gasteiger partial charge in [0, 0.05) is 25.6 Å². The molecular formula is C27H39N3O5S. The highest BCUT2D eigenvalue weighted by Crippen LogP contribution is 2.22. The minimum Gasteiger partial charge on any atom is -0.497 e. The van der Waals surface area contributed by atoms with E-state index in [1.54, 1.807) is 20.1 Å². The van der Waals surface area contributed by atoms with Crippen molar-refractivity contribution in [1.29, 1.82) is 0 Å². The van der Waals surface area contributed by atoms with Crippen LogP contribution >= 0.6 is 0 Å². The number of nitrogens with zero attached hydrogens (tertiary/aromatic N) is 2. The van der Waals surface area contributed by atoms with E-state index >= 15 is 0 Å². The smallest absolute Gasteiger partial charge is 0.242 e. The Morgan fingerprint density at radius 2 is 1.72 bits per heavy atom. The van der Waals surface area contributed by atoms with Crippen LogP contribution in [0.1, 0.15) is 50.3 Å². The fraction of sp³-hybridized carbons (Fsp3) is 0.481.